The van der Waals surface area contributed by atoms with Crippen molar-refractivity contribution in [2.24, 2.45) is 5.92 Å². The van der Waals surface area contributed by atoms with Gasteiger partial charge in [0.25, 0.3) is 0 Å². The summed E-state index contributed by atoms with van der Waals surface area (Å²) in [5.74, 6) is 0.281. The van der Waals surface area contributed by atoms with Gasteiger partial charge in [0.1, 0.15) is 12.2 Å². The van der Waals surface area contributed by atoms with Crippen molar-refractivity contribution in [2.45, 2.75) is 150 Å². The summed E-state index contributed by atoms with van der Waals surface area (Å²) in [6.07, 6.45) is 15.2. The van der Waals surface area contributed by atoms with E-state index in [1.807, 2.05) is 36.4 Å². The maximum Gasteiger partial charge on any atom is 0.394 e. The third kappa shape index (κ3) is 10.6. The Bertz CT molecular complexity index is 2350. The molecule has 8 aliphatic rings. The lowest BCUT2D eigenvalue weighted by molar-refractivity contribution is -0.235. The van der Waals surface area contributed by atoms with Crippen LogP contribution in [0.15, 0.2) is 72.8 Å². The maximum absolute atomic E-state index is 11.5. The summed E-state index contributed by atoms with van der Waals surface area (Å²) in [5.41, 5.74) is 6.75. The van der Waals surface area contributed by atoms with E-state index in [4.69, 9.17) is 32.8 Å². The van der Waals surface area contributed by atoms with Crippen molar-refractivity contribution in [1.82, 2.24) is 14.7 Å². The lowest BCUT2D eigenvalue weighted by atomic mass is 9.53. The van der Waals surface area contributed by atoms with Crippen LogP contribution in [0.1, 0.15) is 129 Å². The fourth-order valence-corrected chi connectivity index (χ4v) is 13.2. The van der Waals surface area contributed by atoms with Crippen LogP contribution in [-0.2, 0) is 41.6 Å². The smallest absolute Gasteiger partial charge is 0.394 e. The summed E-state index contributed by atoms with van der Waals surface area (Å²) in [4.78, 5) is 38.2. The number of fused-ring (bicyclic) bond motifs is 4. The molecule has 0 saturated carbocycles. The highest BCUT2D eigenvalue weighted by atomic mass is 35.5. The molecule has 3 aromatic rings. The molecule has 0 aromatic heterocycles. The number of aliphatic hydroxyl groups is 1. The second kappa shape index (κ2) is 21.3. The van der Waals surface area contributed by atoms with Crippen molar-refractivity contribution in [1.29, 1.82) is 0 Å². The Morgan fingerprint density at radius 1 is 0.754 bits per heavy atom. The monoisotopic (exact) mass is 997 g/mol. The number of likely N-dealkylation sites (N-methyl/N-ethyl adjacent to an activating group) is 1. The summed E-state index contributed by atoms with van der Waals surface area (Å²) >= 11 is 0. The molecule has 0 amide bonds. The highest BCUT2D eigenvalue weighted by Gasteiger charge is 2.64. The minimum Gasteiger partial charge on any atom is -0.504 e. The quantitative estimate of drug-likeness (QED) is 0.0618. The zero-order chi connectivity index (χ0) is 48.8. The molecule has 6 N–H and O–H groups in total. The number of phenols is 1. The SMILES string of the molecule is CC(C(=O)OO)c1cccc(C2CC3CCC(C2)N3C)c1.CC(C(=O)OO)c1cccc(C2CC3CCC(C2)N3C)c1.CN1CC[C@]23c4c5ccc(O)c4O[C@H]2[C@@H](O)C=C[C@H]3[C@H]1C5.Cl.O=S(=O)(O)O. The first kappa shape index (κ1) is 52.7. The largest absolute Gasteiger partial charge is 0.504 e. The molecule has 0 radical (unpaired) electrons. The van der Waals surface area contributed by atoms with Crippen LogP contribution in [0, 0.1) is 5.92 Å². The average Bonchev–Trinajstić information content (AvgIpc) is 3.83. The first-order valence-corrected chi connectivity index (χ1v) is 25.3. The van der Waals surface area contributed by atoms with E-state index in [0.717, 1.165) is 30.5 Å². The van der Waals surface area contributed by atoms with Gasteiger partial charge in [-0.1, -0.05) is 66.7 Å². The summed E-state index contributed by atoms with van der Waals surface area (Å²) < 4.78 is 37.7. The molecule has 18 heteroatoms. The number of carbonyl (C=O) groups is 2. The number of ether oxygens (including phenoxy) is 1. The third-order valence-electron chi connectivity index (χ3n) is 17.0. The van der Waals surface area contributed by atoms with E-state index in [1.165, 1.54) is 73.6 Å². The first-order valence-electron chi connectivity index (χ1n) is 23.9. The van der Waals surface area contributed by atoms with Gasteiger partial charge in [-0.25, -0.2) is 9.59 Å². The van der Waals surface area contributed by atoms with Crippen molar-refractivity contribution in [3.8, 4) is 11.5 Å². The molecule has 2 aliphatic carbocycles. The predicted molar refractivity (Wildman–Crippen MR) is 259 cm³/mol. The molecular weight excluding hydrogens is 930 g/mol. The fourth-order valence-electron chi connectivity index (χ4n) is 13.2. The minimum absolute atomic E-state index is 0. The van der Waals surface area contributed by atoms with Gasteiger partial charge in [0.05, 0.1) is 11.8 Å². The summed E-state index contributed by atoms with van der Waals surface area (Å²) in [6, 6.07) is 23.5. The minimum atomic E-state index is -4.67. The molecular formula is C51H68ClN3O13S. The van der Waals surface area contributed by atoms with Gasteiger partial charge in [0, 0.05) is 47.1 Å². The highest BCUT2D eigenvalue weighted by molar-refractivity contribution is 7.79. The van der Waals surface area contributed by atoms with Crippen LogP contribution in [-0.4, -0.2) is 135 Å². The molecule has 1 spiro atoms. The molecule has 5 fully saturated rings. The number of halogens is 1. The zero-order valence-electron chi connectivity index (χ0n) is 39.8. The number of piperidine rings is 3. The second-order valence-electron chi connectivity index (χ2n) is 20.4. The molecule has 6 aliphatic heterocycles. The highest BCUT2D eigenvalue weighted by Crippen LogP contribution is 2.62. The molecule has 5 saturated heterocycles. The van der Waals surface area contributed by atoms with E-state index in [9.17, 15) is 19.8 Å². The van der Waals surface area contributed by atoms with Crippen molar-refractivity contribution >= 4 is 34.7 Å². The van der Waals surface area contributed by atoms with Crippen molar-refractivity contribution in [3.05, 3.63) is 106 Å². The molecule has 6 heterocycles. The van der Waals surface area contributed by atoms with E-state index >= 15 is 0 Å². The Morgan fingerprint density at radius 3 is 1.67 bits per heavy atom. The van der Waals surface area contributed by atoms with E-state index in [-0.39, 0.29) is 29.7 Å². The van der Waals surface area contributed by atoms with E-state index in [1.54, 1.807) is 19.9 Å². The van der Waals surface area contributed by atoms with Gasteiger partial charge in [-0.15, -0.1) is 12.4 Å². The number of benzene rings is 3. The van der Waals surface area contributed by atoms with Crippen molar-refractivity contribution in [2.75, 3.05) is 27.7 Å². The maximum atomic E-state index is 11.5. The number of hydrogen-bond acceptors (Lipinski definition) is 14. The fraction of sp³-hybridized carbons (Fsp3) is 0.569. The van der Waals surface area contributed by atoms with Gasteiger partial charge < -0.3 is 39.4 Å². The van der Waals surface area contributed by atoms with Crippen LogP contribution in [0.5, 0.6) is 11.5 Å². The number of aromatic hydroxyl groups is 1. The van der Waals surface area contributed by atoms with Gasteiger partial charge in [-0.05, 0) is 151 Å². The van der Waals surface area contributed by atoms with Gasteiger partial charge >= 0.3 is 22.3 Å². The Balaban J connectivity index is 0.000000145. The Hall–Kier alpha value is -4.14. The number of carbonyl (C=O) groups excluding carboxylic acids is 2. The number of hydrogen-bond donors (Lipinski definition) is 6. The molecule has 378 valence electrons. The van der Waals surface area contributed by atoms with Crippen LogP contribution in [0.3, 0.4) is 0 Å². The molecule has 69 heavy (non-hydrogen) atoms. The molecule has 6 bridgehead atoms. The number of phenolic OH excluding ortho intramolecular Hbond substituents is 1. The molecule has 6 unspecified atom stereocenters. The van der Waals surface area contributed by atoms with E-state index in [0.29, 0.717) is 53.7 Å². The molecule has 11 rings (SSSR count). The number of rotatable bonds is 6. The topological polar surface area (TPSA) is 227 Å². The van der Waals surface area contributed by atoms with Crippen LogP contribution in [0.2, 0.25) is 0 Å². The summed E-state index contributed by atoms with van der Waals surface area (Å²) in [6.45, 7) is 4.53. The van der Waals surface area contributed by atoms with Crippen LogP contribution in [0.25, 0.3) is 0 Å². The molecule has 16 nitrogen and oxygen atoms in total. The van der Waals surface area contributed by atoms with Crippen molar-refractivity contribution in [3.63, 3.8) is 0 Å². The second-order valence-corrected chi connectivity index (χ2v) is 21.3. The van der Waals surface area contributed by atoms with Gasteiger partial charge in [0.15, 0.2) is 11.5 Å². The van der Waals surface area contributed by atoms with Gasteiger partial charge in [-0.2, -0.15) is 18.9 Å². The number of nitrogens with zero attached hydrogens (tertiary/aromatic N) is 3. The van der Waals surface area contributed by atoms with Gasteiger partial charge in [-0.3, -0.25) is 9.11 Å². The summed E-state index contributed by atoms with van der Waals surface area (Å²) in [7, 11) is 2.01. The standard InChI is InChI=1S/C17H19NO3.2C17H23NO3.ClH.H2O4S/c1-18-7-6-17-10-3-5-13(20)16(17)21-15-12(19)4-2-9(14(15)17)8-11(10)18;2*1-11(17(19)21-20)12-4-3-5-13(8-12)14-9-15-6-7-16(10-14)18(15)2;;1-5(2,3)4/h2-5,10-11,13,16,19-20H,6-8H2,1H3;2*3-5,8,11,14-16,20H,6-7,9-10H2,1-2H3;1H;(H2,1,2,3,4)/t10-,11+,13-,16-,17-;;;;/m0..../s1. The van der Waals surface area contributed by atoms with Crippen molar-refractivity contribution < 1.29 is 62.4 Å². The van der Waals surface area contributed by atoms with Gasteiger partial charge in [0.2, 0.25) is 0 Å². The molecule has 3 aromatic carbocycles. The third-order valence-corrected chi connectivity index (χ3v) is 17.0. The zero-order valence-corrected chi connectivity index (χ0v) is 41.5. The Morgan fingerprint density at radius 2 is 1.22 bits per heavy atom. The van der Waals surface area contributed by atoms with E-state index < -0.39 is 40.3 Å². The van der Waals surface area contributed by atoms with Crippen LogP contribution < -0.4 is 4.74 Å². The summed E-state index contributed by atoms with van der Waals surface area (Å²) in [5, 5.41) is 37.7. The van der Waals surface area contributed by atoms with Crippen LogP contribution in [0.4, 0.5) is 0 Å². The number of likely N-dealkylation sites (tertiary alicyclic amines) is 1. The first-order chi connectivity index (χ1) is 32.3. The average molecular weight is 999 g/mol. The van der Waals surface area contributed by atoms with Crippen LogP contribution >= 0.6 is 12.4 Å². The Kier molecular flexibility index (Phi) is 16.3. The lowest BCUT2D eigenvalue weighted by Gasteiger charge is -2.56. The van der Waals surface area contributed by atoms with E-state index in [2.05, 4.69) is 76.0 Å². The lowest BCUT2D eigenvalue weighted by Crippen LogP contribution is -2.64. The normalized spacial score (nSPS) is 32.1. The predicted octanol–water partition coefficient (Wildman–Crippen LogP) is 7.26. The number of aliphatic hydroxyl groups excluding tert-OH is 1. The molecule has 11 atom stereocenters. The Labute approximate surface area is 411 Å².